The Balaban J connectivity index is 3.05. The van der Waals surface area contributed by atoms with Crippen molar-refractivity contribution >= 4 is 22.9 Å². The maximum absolute atomic E-state index is 5.89. The van der Waals surface area contributed by atoms with Crippen LogP contribution in [0.5, 0.6) is 0 Å². The molecular weight excluding hydrogens is 164 g/mol. The van der Waals surface area contributed by atoms with E-state index in [0.717, 1.165) is 4.34 Å². The van der Waals surface area contributed by atoms with Crippen molar-refractivity contribution in [1.29, 1.82) is 0 Å². The molecule has 1 aromatic heterocycles. The summed E-state index contributed by atoms with van der Waals surface area (Å²) in [6.45, 7) is 6.45. The second-order valence-corrected chi connectivity index (χ2v) is 4.23. The minimum atomic E-state index is 0.601. The van der Waals surface area contributed by atoms with Gasteiger partial charge in [0, 0.05) is 0 Å². The topological polar surface area (TPSA) is 0 Å². The summed E-state index contributed by atoms with van der Waals surface area (Å²) in [5.74, 6) is 0.601. The van der Waals surface area contributed by atoms with E-state index in [2.05, 4.69) is 26.2 Å². The van der Waals surface area contributed by atoms with Crippen LogP contribution in [0.25, 0.3) is 0 Å². The monoisotopic (exact) mass is 174 g/mol. The van der Waals surface area contributed by atoms with Gasteiger partial charge in [0.2, 0.25) is 0 Å². The second-order valence-electron chi connectivity index (χ2n) is 2.74. The van der Waals surface area contributed by atoms with Crippen molar-refractivity contribution < 1.29 is 0 Å². The molecule has 0 saturated heterocycles. The van der Waals surface area contributed by atoms with Gasteiger partial charge in [-0.3, -0.25) is 0 Å². The van der Waals surface area contributed by atoms with Crippen LogP contribution in [0.15, 0.2) is 5.38 Å². The van der Waals surface area contributed by atoms with Gasteiger partial charge in [-0.2, -0.15) is 0 Å². The zero-order valence-corrected chi connectivity index (χ0v) is 8.01. The van der Waals surface area contributed by atoms with Crippen molar-refractivity contribution in [3.8, 4) is 0 Å². The van der Waals surface area contributed by atoms with Gasteiger partial charge in [0.25, 0.3) is 0 Å². The van der Waals surface area contributed by atoms with Gasteiger partial charge in [-0.25, -0.2) is 0 Å². The summed E-state index contributed by atoms with van der Waals surface area (Å²) in [5.41, 5.74) is 2.64. The van der Waals surface area contributed by atoms with Crippen LogP contribution < -0.4 is 0 Å². The molecule has 0 aliphatic carbocycles. The zero-order chi connectivity index (χ0) is 7.72. The van der Waals surface area contributed by atoms with Crippen molar-refractivity contribution in [3.63, 3.8) is 0 Å². The Morgan fingerprint density at radius 2 is 2.10 bits per heavy atom. The van der Waals surface area contributed by atoms with Crippen molar-refractivity contribution in [1.82, 2.24) is 0 Å². The van der Waals surface area contributed by atoms with Crippen LogP contribution in [0.1, 0.15) is 30.9 Å². The van der Waals surface area contributed by atoms with Crippen molar-refractivity contribution in [2.24, 2.45) is 0 Å². The fourth-order valence-corrected chi connectivity index (χ4v) is 2.19. The summed E-state index contributed by atoms with van der Waals surface area (Å²) in [6.07, 6.45) is 0. The lowest BCUT2D eigenvalue weighted by Crippen LogP contribution is -1.85. The molecule has 0 saturated carbocycles. The molecule has 0 aromatic carbocycles. The normalized spacial score (nSPS) is 10.9. The molecule has 0 N–H and O–H groups in total. The Labute approximate surface area is 70.8 Å². The van der Waals surface area contributed by atoms with Crippen LogP contribution in [0.4, 0.5) is 0 Å². The summed E-state index contributed by atoms with van der Waals surface area (Å²) < 4.78 is 0.934. The van der Waals surface area contributed by atoms with Crippen LogP contribution in [0.3, 0.4) is 0 Å². The lowest BCUT2D eigenvalue weighted by atomic mass is 10.0. The van der Waals surface area contributed by atoms with Gasteiger partial charge in [0.05, 0.1) is 4.34 Å². The van der Waals surface area contributed by atoms with Crippen LogP contribution in [-0.2, 0) is 0 Å². The third kappa shape index (κ3) is 1.35. The third-order valence-corrected chi connectivity index (χ3v) is 3.07. The van der Waals surface area contributed by atoms with E-state index in [1.807, 2.05) is 0 Å². The summed E-state index contributed by atoms with van der Waals surface area (Å²) >= 11 is 7.52. The minimum absolute atomic E-state index is 0.601. The predicted molar refractivity (Wildman–Crippen MR) is 48.2 cm³/mol. The Bertz CT molecular complexity index is 225. The third-order valence-electron chi connectivity index (χ3n) is 1.64. The molecule has 0 fully saturated rings. The number of thiophene rings is 1. The SMILES string of the molecule is Cc1c(C(C)C)csc1Cl. The zero-order valence-electron chi connectivity index (χ0n) is 6.44. The maximum Gasteiger partial charge on any atom is 0.0960 e. The predicted octanol–water partition coefficient (Wildman–Crippen LogP) is 3.83. The lowest BCUT2D eigenvalue weighted by molar-refractivity contribution is 0.863. The van der Waals surface area contributed by atoms with Gasteiger partial charge in [0.15, 0.2) is 0 Å². The quantitative estimate of drug-likeness (QED) is 0.607. The molecule has 0 atom stereocenters. The smallest absolute Gasteiger partial charge is 0.0960 e. The molecule has 1 heterocycles. The van der Waals surface area contributed by atoms with Crippen LogP contribution in [0, 0.1) is 6.92 Å². The Kier molecular flexibility index (Phi) is 2.37. The van der Waals surface area contributed by atoms with E-state index in [4.69, 9.17) is 11.6 Å². The first-order valence-corrected chi connectivity index (χ1v) is 4.62. The molecule has 0 nitrogen and oxygen atoms in total. The second kappa shape index (κ2) is 2.93. The first kappa shape index (κ1) is 8.09. The first-order valence-electron chi connectivity index (χ1n) is 3.36. The van der Waals surface area contributed by atoms with Crippen LogP contribution >= 0.6 is 22.9 Å². The standard InChI is InChI=1S/C8H11ClS/c1-5(2)7-4-10-8(9)6(7)3/h4-5H,1-3H3. The van der Waals surface area contributed by atoms with Crippen molar-refractivity contribution in [3.05, 3.63) is 20.8 Å². The molecule has 10 heavy (non-hydrogen) atoms. The summed E-state index contributed by atoms with van der Waals surface area (Å²) in [5, 5.41) is 2.14. The molecule has 0 radical (unpaired) electrons. The summed E-state index contributed by atoms with van der Waals surface area (Å²) in [4.78, 5) is 0. The highest BCUT2D eigenvalue weighted by molar-refractivity contribution is 7.14. The molecule has 1 rings (SSSR count). The number of halogens is 1. The molecule has 0 unspecified atom stereocenters. The molecule has 0 amide bonds. The molecule has 56 valence electrons. The van der Waals surface area contributed by atoms with Crippen molar-refractivity contribution in [2.45, 2.75) is 26.7 Å². The highest BCUT2D eigenvalue weighted by Gasteiger charge is 2.07. The van der Waals surface area contributed by atoms with E-state index >= 15 is 0 Å². The summed E-state index contributed by atoms with van der Waals surface area (Å²) in [6, 6.07) is 0. The molecule has 0 aliphatic rings. The van der Waals surface area contributed by atoms with Crippen LogP contribution in [0.2, 0.25) is 4.34 Å². The summed E-state index contributed by atoms with van der Waals surface area (Å²) in [7, 11) is 0. The lowest BCUT2D eigenvalue weighted by Gasteiger charge is -2.01. The number of hydrogen-bond acceptors (Lipinski definition) is 1. The van der Waals surface area contributed by atoms with E-state index in [1.54, 1.807) is 11.3 Å². The minimum Gasteiger partial charge on any atom is -0.131 e. The Morgan fingerprint density at radius 1 is 1.50 bits per heavy atom. The molecule has 0 spiro atoms. The highest BCUT2D eigenvalue weighted by Crippen LogP contribution is 2.31. The molecular formula is C8H11ClS. The van der Waals surface area contributed by atoms with Gasteiger partial charge in [-0.15, -0.1) is 11.3 Å². The molecule has 1 aromatic rings. The van der Waals surface area contributed by atoms with Gasteiger partial charge < -0.3 is 0 Å². The van der Waals surface area contributed by atoms with E-state index in [9.17, 15) is 0 Å². The average molecular weight is 175 g/mol. The number of rotatable bonds is 1. The largest absolute Gasteiger partial charge is 0.131 e. The molecule has 0 aliphatic heterocycles. The fourth-order valence-electron chi connectivity index (χ4n) is 0.975. The Morgan fingerprint density at radius 3 is 2.30 bits per heavy atom. The van der Waals surface area contributed by atoms with Crippen molar-refractivity contribution in [2.75, 3.05) is 0 Å². The van der Waals surface area contributed by atoms with E-state index in [0.29, 0.717) is 5.92 Å². The van der Waals surface area contributed by atoms with E-state index in [1.165, 1.54) is 11.1 Å². The average Bonchev–Trinajstić information content (AvgIpc) is 2.14. The van der Waals surface area contributed by atoms with Gasteiger partial charge in [-0.1, -0.05) is 25.4 Å². The number of hydrogen-bond donors (Lipinski definition) is 0. The fraction of sp³-hybridized carbons (Fsp3) is 0.500. The van der Waals surface area contributed by atoms with Gasteiger partial charge in [0.1, 0.15) is 0 Å². The van der Waals surface area contributed by atoms with E-state index in [-0.39, 0.29) is 0 Å². The van der Waals surface area contributed by atoms with Crippen LogP contribution in [-0.4, -0.2) is 0 Å². The van der Waals surface area contributed by atoms with Gasteiger partial charge >= 0.3 is 0 Å². The molecule has 0 bridgehead atoms. The van der Waals surface area contributed by atoms with E-state index < -0.39 is 0 Å². The van der Waals surface area contributed by atoms with Gasteiger partial charge in [-0.05, 0) is 29.3 Å². The first-order chi connectivity index (χ1) is 4.63. The Hall–Kier alpha value is -0.0100. The highest BCUT2D eigenvalue weighted by atomic mass is 35.5. The maximum atomic E-state index is 5.89. The molecule has 2 heteroatoms.